The molecule has 0 saturated heterocycles. The highest BCUT2D eigenvalue weighted by Crippen LogP contribution is 2.22. The van der Waals surface area contributed by atoms with Crippen molar-refractivity contribution in [1.29, 1.82) is 0 Å². The van der Waals surface area contributed by atoms with Gasteiger partial charge in [0.05, 0.1) is 28.4 Å². The molecule has 0 saturated carbocycles. The van der Waals surface area contributed by atoms with Gasteiger partial charge in [-0.25, -0.2) is 13.8 Å². The van der Waals surface area contributed by atoms with Gasteiger partial charge in [-0.2, -0.15) is 9.41 Å². The van der Waals surface area contributed by atoms with Crippen LogP contribution in [0.2, 0.25) is 5.02 Å². The molecular formula is C32H30ClN5O6S. The van der Waals surface area contributed by atoms with Gasteiger partial charge in [-0.05, 0) is 71.8 Å². The number of carbonyl (C=O) groups is 3. The maximum absolute atomic E-state index is 13.5. The third kappa shape index (κ3) is 10.00. The van der Waals surface area contributed by atoms with Crippen molar-refractivity contribution in [2.75, 3.05) is 23.8 Å². The Hall–Kier alpha value is -5.04. The Morgan fingerprint density at radius 2 is 1.51 bits per heavy atom. The maximum atomic E-state index is 13.5. The molecule has 0 unspecified atom stereocenters. The summed E-state index contributed by atoms with van der Waals surface area (Å²) in [4.78, 5) is 36.2. The van der Waals surface area contributed by atoms with Gasteiger partial charge in [-0.1, -0.05) is 54.1 Å². The fraction of sp³-hybridized carbons (Fsp3) is 0.125. The van der Waals surface area contributed by atoms with Crippen LogP contribution >= 0.6 is 11.6 Å². The zero-order valence-electron chi connectivity index (χ0n) is 24.1. The lowest BCUT2D eigenvalue weighted by atomic mass is 10.2. The van der Waals surface area contributed by atoms with Gasteiger partial charge in [-0.15, -0.1) is 0 Å². The number of para-hydroxylation sites is 1. The molecule has 0 fully saturated rings. The topological polar surface area (TPSA) is 146 Å². The fourth-order valence-corrected chi connectivity index (χ4v) is 5.57. The minimum Gasteiger partial charge on any atom is -0.484 e. The Bertz CT molecular complexity index is 1770. The van der Waals surface area contributed by atoms with Gasteiger partial charge in [0.15, 0.2) is 6.61 Å². The van der Waals surface area contributed by atoms with E-state index in [1.54, 1.807) is 72.8 Å². The molecule has 3 amide bonds. The van der Waals surface area contributed by atoms with Crippen molar-refractivity contribution in [2.24, 2.45) is 5.10 Å². The number of anilines is 2. The smallest absolute Gasteiger partial charge is 0.262 e. The number of hydrogen-bond acceptors (Lipinski definition) is 7. The monoisotopic (exact) mass is 647 g/mol. The molecule has 232 valence electrons. The number of sulfonamides is 1. The van der Waals surface area contributed by atoms with Crippen molar-refractivity contribution in [1.82, 2.24) is 9.73 Å². The summed E-state index contributed by atoms with van der Waals surface area (Å²) in [5, 5.41) is 9.63. The first-order chi connectivity index (χ1) is 21.6. The number of hydrogen-bond donors (Lipinski definition) is 3. The molecule has 0 bridgehead atoms. The molecule has 0 heterocycles. The minimum atomic E-state index is -4.09. The van der Waals surface area contributed by atoms with E-state index in [0.717, 1.165) is 4.31 Å². The number of nitrogens with one attached hydrogen (secondary N) is 3. The lowest BCUT2D eigenvalue weighted by Crippen LogP contribution is -2.39. The average molecular weight is 648 g/mol. The largest absolute Gasteiger partial charge is 0.484 e. The average Bonchev–Trinajstić information content (AvgIpc) is 3.02. The summed E-state index contributed by atoms with van der Waals surface area (Å²) < 4.78 is 33.6. The predicted molar refractivity (Wildman–Crippen MR) is 173 cm³/mol. The number of ether oxygens (including phenoxy) is 1. The van der Waals surface area contributed by atoms with Crippen LogP contribution in [0.4, 0.5) is 11.4 Å². The van der Waals surface area contributed by atoms with E-state index >= 15 is 0 Å². The number of amides is 3. The number of halogens is 1. The summed E-state index contributed by atoms with van der Waals surface area (Å²) in [5.41, 5.74) is 4.61. The molecule has 0 aliphatic heterocycles. The fourth-order valence-electron chi connectivity index (χ4n) is 4.00. The first-order valence-corrected chi connectivity index (χ1v) is 15.4. The lowest BCUT2D eigenvalue weighted by molar-refractivity contribution is -0.121. The third-order valence-corrected chi connectivity index (χ3v) is 8.27. The van der Waals surface area contributed by atoms with Gasteiger partial charge in [0, 0.05) is 19.2 Å². The van der Waals surface area contributed by atoms with E-state index in [9.17, 15) is 22.8 Å². The van der Waals surface area contributed by atoms with Gasteiger partial charge < -0.3 is 15.4 Å². The molecule has 13 heteroatoms. The van der Waals surface area contributed by atoms with Gasteiger partial charge in [0.25, 0.3) is 11.8 Å². The Labute approximate surface area is 265 Å². The van der Waals surface area contributed by atoms with Gasteiger partial charge in [0.1, 0.15) is 5.75 Å². The summed E-state index contributed by atoms with van der Waals surface area (Å²) in [6.45, 7) is 0.581. The van der Waals surface area contributed by atoms with Gasteiger partial charge >= 0.3 is 0 Å². The number of carbonyl (C=O) groups excluding carboxylic acids is 3. The number of benzene rings is 4. The standard InChI is InChI=1S/C32H30ClN5O6S/c1-23(39)35-26-13-17-28(18-14-26)45(42,43)38(20-25-7-3-2-4-8-25)21-31(40)37-34-19-24-11-15-27(16-12-24)44-22-32(41)36-30-10-6-5-9-29(30)33/h2-19H,20-22H2,1H3,(H,35,39)(H,36,41)(H,37,40)/b34-19-. The van der Waals surface area contributed by atoms with Crippen LogP contribution in [0.1, 0.15) is 18.1 Å². The molecule has 0 aromatic heterocycles. The van der Waals surface area contributed by atoms with Crippen LogP contribution in [0.15, 0.2) is 113 Å². The number of hydrazone groups is 1. The second kappa shape index (κ2) is 15.6. The number of nitrogens with zero attached hydrogens (tertiary/aromatic N) is 2. The van der Waals surface area contributed by atoms with Crippen molar-refractivity contribution in [2.45, 2.75) is 18.4 Å². The second-order valence-corrected chi connectivity index (χ2v) is 12.0. The lowest BCUT2D eigenvalue weighted by Gasteiger charge is -2.21. The maximum Gasteiger partial charge on any atom is 0.262 e. The van der Waals surface area contributed by atoms with E-state index in [2.05, 4.69) is 21.2 Å². The van der Waals surface area contributed by atoms with Crippen molar-refractivity contribution in [3.63, 3.8) is 0 Å². The highest BCUT2D eigenvalue weighted by molar-refractivity contribution is 7.89. The Balaban J connectivity index is 1.34. The summed E-state index contributed by atoms with van der Waals surface area (Å²) >= 11 is 6.05. The predicted octanol–water partition coefficient (Wildman–Crippen LogP) is 4.66. The summed E-state index contributed by atoms with van der Waals surface area (Å²) in [6, 6.07) is 28.1. The molecular weight excluding hydrogens is 618 g/mol. The zero-order chi connectivity index (χ0) is 32.2. The summed E-state index contributed by atoms with van der Waals surface area (Å²) in [7, 11) is -4.09. The number of rotatable bonds is 13. The molecule has 3 N–H and O–H groups in total. The van der Waals surface area contributed by atoms with Crippen LogP contribution in [0.25, 0.3) is 0 Å². The second-order valence-electron chi connectivity index (χ2n) is 9.64. The molecule has 45 heavy (non-hydrogen) atoms. The van der Waals surface area contributed by atoms with Gasteiger partial charge in [0.2, 0.25) is 15.9 Å². The van der Waals surface area contributed by atoms with E-state index in [1.807, 2.05) is 6.07 Å². The van der Waals surface area contributed by atoms with E-state index in [4.69, 9.17) is 16.3 Å². The van der Waals surface area contributed by atoms with E-state index in [0.29, 0.717) is 33.3 Å². The van der Waals surface area contributed by atoms with Crippen LogP contribution in [0.3, 0.4) is 0 Å². The molecule has 4 rings (SSSR count). The van der Waals surface area contributed by atoms with Crippen molar-refractivity contribution >= 4 is 56.9 Å². The molecule has 0 aliphatic rings. The summed E-state index contributed by atoms with van der Waals surface area (Å²) in [5.74, 6) is -0.864. The molecule has 0 aliphatic carbocycles. The van der Waals surface area contributed by atoms with E-state index in [-0.39, 0.29) is 29.9 Å². The Morgan fingerprint density at radius 3 is 2.18 bits per heavy atom. The first-order valence-electron chi connectivity index (χ1n) is 13.6. The third-order valence-electron chi connectivity index (χ3n) is 6.14. The van der Waals surface area contributed by atoms with Crippen LogP contribution in [-0.2, 0) is 31.0 Å². The summed E-state index contributed by atoms with van der Waals surface area (Å²) in [6.07, 6.45) is 1.39. The molecule has 4 aromatic rings. The highest BCUT2D eigenvalue weighted by atomic mass is 35.5. The van der Waals surface area contributed by atoms with Crippen molar-refractivity contribution in [3.05, 3.63) is 119 Å². The molecule has 4 aromatic carbocycles. The highest BCUT2D eigenvalue weighted by Gasteiger charge is 2.27. The normalized spacial score (nSPS) is 11.3. The van der Waals surface area contributed by atoms with Crippen LogP contribution in [-0.4, -0.2) is 49.8 Å². The first kappa shape index (κ1) is 32.9. The Kier molecular flexibility index (Phi) is 11.4. The van der Waals surface area contributed by atoms with Crippen LogP contribution in [0.5, 0.6) is 5.75 Å². The molecule has 0 radical (unpaired) electrons. The minimum absolute atomic E-state index is 0.0347. The van der Waals surface area contributed by atoms with Crippen molar-refractivity contribution in [3.8, 4) is 5.75 Å². The van der Waals surface area contributed by atoms with Crippen LogP contribution < -0.4 is 20.8 Å². The molecule has 11 nitrogen and oxygen atoms in total. The quantitative estimate of drug-likeness (QED) is 0.142. The molecule has 0 spiro atoms. The van der Waals surface area contributed by atoms with Crippen LogP contribution in [0, 0.1) is 0 Å². The van der Waals surface area contributed by atoms with Gasteiger partial charge in [-0.3, -0.25) is 14.4 Å². The van der Waals surface area contributed by atoms with Crippen molar-refractivity contribution < 1.29 is 27.5 Å². The zero-order valence-corrected chi connectivity index (χ0v) is 25.7. The van der Waals surface area contributed by atoms with E-state index < -0.39 is 22.5 Å². The van der Waals surface area contributed by atoms with E-state index in [1.165, 1.54) is 37.4 Å². The Morgan fingerprint density at radius 1 is 0.844 bits per heavy atom. The SMILES string of the molecule is CC(=O)Nc1ccc(S(=O)(=O)N(CC(=O)N/N=C\c2ccc(OCC(=O)Nc3ccccc3Cl)cc2)Cc2ccccc2)cc1. The molecule has 0 atom stereocenters.